The summed E-state index contributed by atoms with van der Waals surface area (Å²) in [5.74, 6) is 12.9. The van der Waals surface area contributed by atoms with Crippen LogP contribution in [0.4, 0.5) is 0 Å². The SMILES string of the molecule is COCC#Cc1ccc2c(c1)OC(C)C(N)C2=O.COCC#Cc1ccc2c(c1)OC(C)CC2=O.Cl. The van der Waals surface area contributed by atoms with Crippen LogP contribution in [0.1, 0.15) is 52.1 Å². The number of carbonyl (C=O) groups excluding carboxylic acids is 2. The Kier molecular flexibility index (Phi) is 11.0. The van der Waals surface area contributed by atoms with Crippen molar-refractivity contribution in [3.8, 4) is 35.2 Å². The predicted molar refractivity (Wildman–Crippen MR) is 139 cm³/mol. The van der Waals surface area contributed by atoms with E-state index in [2.05, 4.69) is 23.7 Å². The quantitative estimate of drug-likeness (QED) is 0.617. The third-order valence-corrected chi connectivity index (χ3v) is 5.35. The highest BCUT2D eigenvalue weighted by Gasteiger charge is 2.31. The van der Waals surface area contributed by atoms with E-state index in [1.54, 1.807) is 45.4 Å². The van der Waals surface area contributed by atoms with Crippen molar-refractivity contribution in [2.24, 2.45) is 5.73 Å². The summed E-state index contributed by atoms with van der Waals surface area (Å²) >= 11 is 0. The molecule has 0 radical (unpaired) electrons. The number of ether oxygens (including phenoxy) is 4. The van der Waals surface area contributed by atoms with Crippen molar-refractivity contribution in [2.75, 3.05) is 27.4 Å². The minimum atomic E-state index is -0.595. The zero-order chi connectivity index (χ0) is 25.4. The lowest BCUT2D eigenvalue weighted by Gasteiger charge is -2.27. The fourth-order valence-electron chi connectivity index (χ4n) is 3.55. The van der Waals surface area contributed by atoms with E-state index in [-0.39, 0.29) is 36.2 Å². The lowest BCUT2D eigenvalue weighted by atomic mass is 9.96. The maximum atomic E-state index is 11.9. The smallest absolute Gasteiger partial charge is 0.187 e. The van der Waals surface area contributed by atoms with Crippen molar-refractivity contribution in [2.45, 2.75) is 38.5 Å². The van der Waals surface area contributed by atoms with Crippen LogP contribution >= 0.6 is 12.4 Å². The first-order chi connectivity index (χ1) is 16.8. The molecule has 0 spiro atoms. The van der Waals surface area contributed by atoms with E-state index in [1.165, 1.54) is 0 Å². The van der Waals surface area contributed by atoms with Crippen LogP contribution in [0.2, 0.25) is 0 Å². The Morgan fingerprint density at radius 2 is 1.42 bits per heavy atom. The number of halogens is 1. The first kappa shape index (κ1) is 28.9. The van der Waals surface area contributed by atoms with Crippen LogP contribution in [0.5, 0.6) is 11.5 Å². The van der Waals surface area contributed by atoms with Crippen LogP contribution < -0.4 is 15.2 Å². The van der Waals surface area contributed by atoms with Gasteiger partial charge in [-0.15, -0.1) is 12.4 Å². The van der Waals surface area contributed by atoms with Crippen LogP contribution in [0.15, 0.2) is 36.4 Å². The molecule has 2 aromatic rings. The molecule has 2 aliphatic rings. The van der Waals surface area contributed by atoms with E-state index >= 15 is 0 Å². The summed E-state index contributed by atoms with van der Waals surface area (Å²) in [6, 6.07) is 10.1. The number of methoxy groups -OCH3 is 2. The van der Waals surface area contributed by atoms with Crippen LogP contribution in [0.3, 0.4) is 0 Å². The highest BCUT2D eigenvalue weighted by Crippen LogP contribution is 2.29. The second kappa shape index (κ2) is 13.7. The minimum absolute atomic E-state index is 0. The zero-order valence-corrected chi connectivity index (χ0v) is 21.6. The molecule has 0 aromatic heterocycles. The van der Waals surface area contributed by atoms with Gasteiger partial charge < -0.3 is 24.7 Å². The van der Waals surface area contributed by atoms with Gasteiger partial charge in [0.15, 0.2) is 11.6 Å². The average Bonchev–Trinajstić information content (AvgIpc) is 2.83. The summed E-state index contributed by atoms with van der Waals surface area (Å²) in [7, 11) is 3.19. The average molecular weight is 512 g/mol. The Morgan fingerprint density at radius 1 is 0.889 bits per heavy atom. The fraction of sp³-hybridized carbons (Fsp3) is 0.357. The summed E-state index contributed by atoms with van der Waals surface area (Å²) in [6.07, 6.45) is 0.0752. The largest absolute Gasteiger partial charge is 0.489 e. The molecule has 190 valence electrons. The lowest BCUT2D eigenvalue weighted by molar-refractivity contribution is 0.0815. The van der Waals surface area contributed by atoms with Gasteiger partial charge in [0.25, 0.3) is 0 Å². The van der Waals surface area contributed by atoms with Gasteiger partial charge in [-0.05, 0) is 50.2 Å². The minimum Gasteiger partial charge on any atom is -0.489 e. The molecule has 2 aromatic carbocycles. The summed E-state index contributed by atoms with van der Waals surface area (Å²) in [5.41, 5.74) is 8.56. The molecule has 36 heavy (non-hydrogen) atoms. The third-order valence-electron chi connectivity index (χ3n) is 5.35. The molecule has 0 bridgehead atoms. The number of nitrogens with two attached hydrogens (primary N) is 1. The zero-order valence-electron chi connectivity index (χ0n) is 20.8. The van der Waals surface area contributed by atoms with Crippen molar-refractivity contribution in [1.82, 2.24) is 0 Å². The third kappa shape index (κ3) is 7.34. The Morgan fingerprint density at radius 3 is 1.97 bits per heavy atom. The van der Waals surface area contributed by atoms with E-state index in [9.17, 15) is 9.59 Å². The number of hydrogen-bond acceptors (Lipinski definition) is 7. The lowest BCUT2D eigenvalue weighted by Crippen LogP contribution is -2.46. The monoisotopic (exact) mass is 511 g/mol. The van der Waals surface area contributed by atoms with E-state index in [1.807, 2.05) is 19.1 Å². The topological polar surface area (TPSA) is 97.1 Å². The number of fused-ring (bicyclic) bond motifs is 2. The second-order valence-electron chi connectivity index (χ2n) is 8.16. The van der Waals surface area contributed by atoms with Crippen LogP contribution in [0.25, 0.3) is 0 Å². The molecular weight excluding hydrogens is 482 g/mol. The molecule has 0 amide bonds. The number of hydrogen-bond donors (Lipinski definition) is 1. The molecule has 3 unspecified atom stereocenters. The molecule has 2 aliphatic heterocycles. The van der Waals surface area contributed by atoms with Gasteiger partial charge in [0.1, 0.15) is 43.0 Å². The maximum absolute atomic E-state index is 11.9. The summed E-state index contributed by atoms with van der Waals surface area (Å²) in [5, 5.41) is 0. The van der Waals surface area contributed by atoms with Crippen molar-refractivity contribution >= 4 is 24.0 Å². The van der Waals surface area contributed by atoms with Gasteiger partial charge in [-0.3, -0.25) is 9.59 Å². The van der Waals surface area contributed by atoms with Gasteiger partial charge >= 0.3 is 0 Å². The Hall–Kier alpha value is -3.33. The summed E-state index contributed by atoms with van der Waals surface area (Å²) in [6.45, 7) is 4.45. The number of rotatable bonds is 2. The van der Waals surface area contributed by atoms with E-state index in [4.69, 9.17) is 24.7 Å². The molecule has 4 rings (SSSR count). The maximum Gasteiger partial charge on any atom is 0.187 e. The standard InChI is InChI=1S/C14H15NO3.C14H14O3.ClH/c1-9-13(15)14(16)11-6-5-10(4-3-7-17-2)8-12(11)18-9;1-10-8-13(15)12-6-5-11(4-3-7-16-2)9-14(12)17-10;/h5-6,8-9,13H,7,15H2,1-2H3;5-6,9-10H,7-8H2,1-2H3;1H. The molecule has 3 atom stereocenters. The van der Waals surface area contributed by atoms with E-state index in [0.29, 0.717) is 42.3 Å². The van der Waals surface area contributed by atoms with Crippen molar-refractivity contribution in [3.63, 3.8) is 0 Å². The molecule has 0 aliphatic carbocycles. The molecule has 0 fully saturated rings. The van der Waals surface area contributed by atoms with Gasteiger partial charge in [-0.1, -0.05) is 23.7 Å². The Bertz CT molecular complexity index is 1220. The molecular formula is C28H30ClNO6. The summed E-state index contributed by atoms with van der Waals surface area (Å²) < 4.78 is 20.9. The first-order valence-corrected chi connectivity index (χ1v) is 11.2. The number of carbonyl (C=O) groups is 2. The number of ketones is 2. The molecule has 2 heterocycles. The number of Topliss-reactive ketones (excluding diaryl/α,β-unsaturated/α-hetero) is 2. The van der Waals surface area contributed by atoms with Crippen LogP contribution in [-0.4, -0.2) is 57.2 Å². The van der Waals surface area contributed by atoms with Crippen LogP contribution in [-0.2, 0) is 9.47 Å². The van der Waals surface area contributed by atoms with Gasteiger partial charge in [0.05, 0.1) is 11.1 Å². The molecule has 0 saturated carbocycles. The van der Waals surface area contributed by atoms with E-state index < -0.39 is 6.04 Å². The Balaban J connectivity index is 0.000000247. The van der Waals surface area contributed by atoms with E-state index in [0.717, 1.165) is 11.1 Å². The summed E-state index contributed by atoms with van der Waals surface area (Å²) in [4.78, 5) is 23.7. The molecule has 8 heteroatoms. The van der Waals surface area contributed by atoms with Crippen molar-refractivity contribution < 1.29 is 28.5 Å². The van der Waals surface area contributed by atoms with Gasteiger partial charge in [-0.25, -0.2) is 0 Å². The normalized spacial score (nSPS) is 19.2. The Labute approximate surface area is 218 Å². The van der Waals surface area contributed by atoms with Crippen molar-refractivity contribution in [3.05, 3.63) is 58.7 Å². The van der Waals surface area contributed by atoms with Crippen LogP contribution in [0, 0.1) is 23.7 Å². The fourth-order valence-corrected chi connectivity index (χ4v) is 3.55. The van der Waals surface area contributed by atoms with Crippen molar-refractivity contribution in [1.29, 1.82) is 0 Å². The second-order valence-corrected chi connectivity index (χ2v) is 8.16. The molecule has 7 nitrogen and oxygen atoms in total. The van der Waals surface area contributed by atoms with Gasteiger partial charge in [-0.2, -0.15) is 0 Å². The predicted octanol–water partition coefficient (Wildman–Crippen LogP) is 3.44. The highest BCUT2D eigenvalue weighted by molar-refractivity contribution is 6.03. The molecule has 0 saturated heterocycles. The van der Waals surface area contributed by atoms with Gasteiger partial charge in [0.2, 0.25) is 0 Å². The van der Waals surface area contributed by atoms with Gasteiger partial charge in [0, 0.05) is 31.8 Å². The highest BCUT2D eigenvalue weighted by atomic mass is 35.5. The first-order valence-electron chi connectivity index (χ1n) is 11.2. The number of benzene rings is 2. The molecule has 2 N–H and O–H groups in total.